The standard InChI is InChI=1S/C18H20N4O4/c1-3-13-7-5-8-14(11-19)16(13)21-18(24)26-15(17(23)25-4-2)12-22-10-6-9-20-22/h5-10,15H,3-4,12H2,1-2H3,(H,21,24). The minimum absolute atomic E-state index is 0.0276. The number of aryl methyl sites for hydroxylation is 1. The van der Waals surface area contributed by atoms with E-state index in [1.807, 2.05) is 19.1 Å². The number of nitriles is 1. The van der Waals surface area contributed by atoms with Gasteiger partial charge in [0.1, 0.15) is 6.07 Å². The zero-order chi connectivity index (χ0) is 18.9. The lowest BCUT2D eigenvalue weighted by Gasteiger charge is -2.18. The molecule has 1 aromatic carbocycles. The molecule has 0 fully saturated rings. The van der Waals surface area contributed by atoms with E-state index in [-0.39, 0.29) is 13.2 Å². The summed E-state index contributed by atoms with van der Waals surface area (Å²) in [5.41, 5.74) is 1.49. The number of benzene rings is 1. The molecule has 0 aliphatic rings. The normalized spacial score (nSPS) is 11.3. The van der Waals surface area contributed by atoms with Gasteiger partial charge in [0.15, 0.2) is 0 Å². The number of nitrogens with one attached hydrogen (secondary N) is 1. The summed E-state index contributed by atoms with van der Waals surface area (Å²) in [6.45, 7) is 3.77. The summed E-state index contributed by atoms with van der Waals surface area (Å²) in [4.78, 5) is 24.4. The summed E-state index contributed by atoms with van der Waals surface area (Å²) in [7, 11) is 0. The minimum Gasteiger partial charge on any atom is -0.463 e. The van der Waals surface area contributed by atoms with Crippen LogP contribution < -0.4 is 5.32 Å². The Balaban J connectivity index is 2.14. The molecule has 0 saturated heterocycles. The zero-order valence-electron chi connectivity index (χ0n) is 14.6. The summed E-state index contributed by atoms with van der Waals surface area (Å²) >= 11 is 0. The van der Waals surface area contributed by atoms with Crippen molar-refractivity contribution in [1.82, 2.24) is 9.78 Å². The van der Waals surface area contributed by atoms with Crippen LogP contribution in [0.15, 0.2) is 36.7 Å². The molecule has 1 N–H and O–H groups in total. The summed E-state index contributed by atoms with van der Waals surface area (Å²) in [6, 6.07) is 8.88. The van der Waals surface area contributed by atoms with Gasteiger partial charge in [-0.05, 0) is 31.0 Å². The minimum atomic E-state index is -1.16. The van der Waals surface area contributed by atoms with Crippen LogP contribution in [-0.2, 0) is 27.2 Å². The van der Waals surface area contributed by atoms with Gasteiger partial charge in [0.05, 0.1) is 24.4 Å². The Kier molecular flexibility index (Phi) is 6.74. The van der Waals surface area contributed by atoms with E-state index in [4.69, 9.17) is 9.47 Å². The Morgan fingerprint density at radius 3 is 2.77 bits per heavy atom. The maximum absolute atomic E-state index is 12.3. The Labute approximate surface area is 151 Å². The van der Waals surface area contributed by atoms with Crippen LogP contribution in [0.4, 0.5) is 10.5 Å². The first-order valence-corrected chi connectivity index (χ1v) is 8.22. The van der Waals surface area contributed by atoms with E-state index in [2.05, 4.69) is 10.4 Å². The van der Waals surface area contributed by atoms with Crippen LogP contribution in [-0.4, -0.2) is 34.6 Å². The van der Waals surface area contributed by atoms with Crippen LogP contribution in [0.5, 0.6) is 0 Å². The van der Waals surface area contributed by atoms with Crippen LogP contribution in [0.1, 0.15) is 25.0 Å². The zero-order valence-corrected chi connectivity index (χ0v) is 14.6. The topological polar surface area (TPSA) is 106 Å². The van der Waals surface area contributed by atoms with Gasteiger partial charge in [-0.25, -0.2) is 9.59 Å². The Morgan fingerprint density at radius 1 is 1.35 bits per heavy atom. The highest BCUT2D eigenvalue weighted by Gasteiger charge is 2.26. The summed E-state index contributed by atoms with van der Waals surface area (Å²) in [5, 5.41) is 15.8. The van der Waals surface area contributed by atoms with Crippen molar-refractivity contribution in [2.75, 3.05) is 11.9 Å². The number of carbonyl (C=O) groups excluding carboxylic acids is 2. The molecule has 1 unspecified atom stereocenters. The van der Waals surface area contributed by atoms with Crippen LogP contribution >= 0.6 is 0 Å². The molecule has 26 heavy (non-hydrogen) atoms. The van der Waals surface area contributed by atoms with Crippen molar-refractivity contribution >= 4 is 17.7 Å². The van der Waals surface area contributed by atoms with Gasteiger partial charge in [0.25, 0.3) is 0 Å². The van der Waals surface area contributed by atoms with Gasteiger partial charge >= 0.3 is 12.1 Å². The molecule has 1 atom stereocenters. The van der Waals surface area contributed by atoms with E-state index in [0.29, 0.717) is 17.7 Å². The lowest BCUT2D eigenvalue weighted by molar-refractivity contribution is -0.153. The first-order chi connectivity index (χ1) is 12.6. The molecule has 1 aromatic heterocycles. The molecule has 0 spiro atoms. The molecule has 0 aliphatic heterocycles. The average Bonchev–Trinajstić information content (AvgIpc) is 3.14. The molecule has 0 radical (unpaired) electrons. The van der Waals surface area contributed by atoms with E-state index >= 15 is 0 Å². The van der Waals surface area contributed by atoms with E-state index < -0.39 is 18.2 Å². The number of aromatic nitrogens is 2. The summed E-state index contributed by atoms with van der Waals surface area (Å²) < 4.78 is 11.7. The van der Waals surface area contributed by atoms with Crippen LogP contribution in [0.3, 0.4) is 0 Å². The predicted octanol–water partition coefficient (Wildman–Crippen LogP) is 2.50. The molecular weight excluding hydrogens is 336 g/mol. The number of hydrogen-bond acceptors (Lipinski definition) is 6. The number of carbonyl (C=O) groups is 2. The lowest BCUT2D eigenvalue weighted by Crippen LogP contribution is -2.35. The van der Waals surface area contributed by atoms with Crippen molar-refractivity contribution in [3.05, 3.63) is 47.8 Å². The average molecular weight is 356 g/mol. The SMILES string of the molecule is CCOC(=O)C(Cn1cccn1)OC(=O)Nc1c(C#N)cccc1CC. The molecule has 1 amide bonds. The van der Waals surface area contributed by atoms with E-state index in [1.54, 1.807) is 37.5 Å². The predicted molar refractivity (Wildman–Crippen MR) is 93.3 cm³/mol. The van der Waals surface area contributed by atoms with Crippen LogP contribution in [0.2, 0.25) is 0 Å². The number of hydrogen-bond donors (Lipinski definition) is 1. The van der Waals surface area contributed by atoms with Gasteiger partial charge in [0.2, 0.25) is 6.10 Å². The first-order valence-electron chi connectivity index (χ1n) is 8.22. The Bertz CT molecular complexity index is 796. The third-order valence-corrected chi connectivity index (χ3v) is 3.59. The molecule has 1 heterocycles. The molecule has 0 aliphatic carbocycles. The van der Waals surface area contributed by atoms with Gasteiger partial charge in [-0.1, -0.05) is 19.1 Å². The van der Waals surface area contributed by atoms with Crippen LogP contribution in [0.25, 0.3) is 0 Å². The van der Waals surface area contributed by atoms with Gasteiger partial charge < -0.3 is 9.47 Å². The highest BCUT2D eigenvalue weighted by Crippen LogP contribution is 2.21. The van der Waals surface area contributed by atoms with Crippen molar-refractivity contribution in [3.8, 4) is 6.07 Å². The number of nitrogens with zero attached hydrogens (tertiary/aromatic N) is 3. The fraction of sp³-hybridized carbons (Fsp3) is 0.333. The molecule has 136 valence electrons. The number of rotatable bonds is 7. The van der Waals surface area contributed by atoms with E-state index in [1.165, 1.54) is 4.68 Å². The van der Waals surface area contributed by atoms with Crippen molar-refractivity contribution in [1.29, 1.82) is 5.26 Å². The second kappa shape index (κ2) is 9.22. The van der Waals surface area contributed by atoms with E-state index in [9.17, 15) is 14.9 Å². The number of esters is 1. The van der Waals surface area contributed by atoms with Gasteiger partial charge in [0, 0.05) is 12.4 Å². The molecule has 0 saturated carbocycles. The van der Waals surface area contributed by atoms with Gasteiger partial charge in [-0.2, -0.15) is 10.4 Å². The molecule has 0 bridgehead atoms. The number of ether oxygens (including phenoxy) is 2. The van der Waals surface area contributed by atoms with E-state index in [0.717, 1.165) is 5.56 Å². The Hall–Kier alpha value is -3.34. The fourth-order valence-electron chi connectivity index (χ4n) is 2.37. The van der Waals surface area contributed by atoms with Gasteiger partial charge in [-0.3, -0.25) is 10.00 Å². The fourth-order valence-corrected chi connectivity index (χ4v) is 2.37. The second-order valence-corrected chi connectivity index (χ2v) is 5.30. The molecule has 8 nitrogen and oxygen atoms in total. The Morgan fingerprint density at radius 2 is 2.15 bits per heavy atom. The third-order valence-electron chi connectivity index (χ3n) is 3.59. The second-order valence-electron chi connectivity index (χ2n) is 5.30. The summed E-state index contributed by atoms with van der Waals surface area (Å²) in [5.74, 6) is -0.664. The van der Waals surface area contributed by atoms with Crippen molar-refractivity contribution in [2.45, 2.75) is 32.9 Å². The smallest absolute Gasteiger partial charge is 0.412 e. The number of anilines is 1. The summed E-state index contributed by atoms with van der Waals surface area (Å²) in [6.07, 6.45) is 1.83. The maximum atomic E-state index is 12.3. The van der Waals surface area contributed by atoms with Gasteiger partial charge in [-0.15, -0.1) is 0 Å². The third kappa shape index (κ3) is 4.83. The van der Waals surface area contributed by atoms with Crippen molar-refractivity contribution < 1.29 is 19.1 Å². The maximum Gasteiger partial charge on any atom is 0.412 e. The monoisotopic (exact) mass is 356 g/mol. The highest BCUT2D eigenvalue weighted by atomic mass is 16.6. The molecule has 2 aromatic rings. The van der Waals surface area contributed by atoms with Crippen LogP contribution in [0, 0.1) is 11.3 Å². The van der Waals surface area contributed by atoms with Crippen molar-refractivity contribution in [2.24, 2.45) is 0 Å². The molecule has 8 heteroatoms. The largest absolute Gasteiger partial charge is 0.463 e. The highest BCUT2D eigenvalue weighted by molar-refractivity contribution is 5.89. The van der Waals surface area contributed by atoms with Crippen molar-refractivity contribution in [3.63, 3.8) is 0 Å². The first kappa shape index (κ1) is 19.0. The lowest BCUT2D eigenvalue weighted by atomic mass is 10.1. The number of amides is 1. The molecule has 2 rings (SSSR count). The quantitative estimate of drug-likeness (QED) is 0.764. The number of para-hydroxylation sites is 1. The molecular formula is C18H20N4O4.